The summed E-state index contributed by atoms with van der Waals surface area (Å²) in [6.45, 7) is 4.11. The number of guanidine groups is 1. The molecule has 1 heterocycles. The van der Waals surface area contributed by atoms with E-state index in [1.54, 1.807) is 19.2 Å². The molecule has 5 nitrogen and oxygen atoms in total. The van der Waals surface area contributed by atoms with Gasteiger partial charge < -0.3 is 15.0 Å². The molecule has 1 aliphatic heterocycles. The molecule has 0 bridgehead atoms. The van der Waals surface area contributed by atoms with Gasteiger partial charge in [0.1, 0.15) is 5.82 Å². The summed E-state index contributed by atoms with van der Waals surface area (Å²) in [7, 11) is 1.70. The van der Waals surface area contributed by atoms with Crippen molar-refractivity contribution in [2.75, 3.05) is 26.7 Å². The van der Waals surface area contributed by atoms with Crippen molar-refractivity contribution in [1.29, 1.82) is 0 Å². The summed E-state index contributed by atoms with van der Waals surface area (Å²) in [5.74, 6) is 0.00281. The number of aliphatic imine (C=N–C) groups is 1. The topological polar surface area (TPSA) is 53.9 Å². The Morgan fingerprint density at radius 1 is 1.54 bits per heavy atom. The molecule has 1 N–H and O–H groups in total. The molecule has 1 aromatic rings. The summed E-state index contributed by atoms with van der Waals surface area (Å²) in [6, 6.07) is 4.62. The highest BCUT2D eigenvalue weighted by Gasteiger charge is 2.28. The smallest absolute Gasteiger partial charge is 0.310 e. The van der Waals surface area contributed by atoms with Crippen LogP contribution in [-0.4, -0.2) is 43.6 Å². The monoisotopic (exact) mass is 355 g/mol. The molecule has 1 unspecified atom stereocenters. The van der Waals surface area contributed by atoms with Gasteiger partial charge in [0.15, 0.2) is 5.96 Å². The molecule has 1 aromatic carbocycles. The number of carbonyl (C=O) groups excluding carboxylic acids is 1. The Bertz CT molecular complexity index is 609. The van der Waals surface area contributed by atoms with E-state index in [-0.39, 0.29) is 16.9 Å². The van der Waals surface area contributed by atoms with Gasteiger partial charge in [0.25, 0.3) is 0 Å². The number of carbonyl (C=O) groups is 1. The maximum atomic E-state index is 13.2. The number of likely N-dealkylation sites (tertiary alicyclic amines) is 1. The van der Waals surface area contributed by atoms with Crippen molar-refractivity contribution < 1.29 is 13.9 Å². The van der Waals surface area contributed by atoms with Crippen LogP contribution in [0.4, 0.5) is 4.39 Å². The fourth-order valence-corrected chi connectivity index (χ4v) is 2.99. The van der Waals surface area contributed by atoms with Gasteiger partial charge in [-0.2, -0.15) is 0 Å². The molecule has 7 heteroatoms. The number of rotatable bonds is 4. The van der Waals surface area contributed by atoms with Gasteiger partial charge in [0, 0.05) is 26.7 Å². The van der Waals surface area contributed by atoms with E-state index in [0.717, 1.165) is 24.9 Å². The molecule has 0 radical (unpaired) electrons. The molecule has 1 saturated heterocycles. The van der Waals surface area contributed by atoms with Crippen LogP contribution in [0.2, 0.25) is 5.02 Å². The number of nitrogens with one attached hydrogen (secondary N) is 1. The number of benzene rings is 1. The van der Waals surface area contributed by atoms with Crippen molar-refractivity contribution in [1.82, 2.24) is 10.2 Å². The predicted molar refractivity (Wildman–Crippen MR) is 92.5 cm³/mol. The third-order valence-electron chi connectivity index (χ3n) is 3.99. The lowest BCUT2D eigenvalue weighted by molar-refractivity contribution is -0.149. The minimum atomic E-state index is -0.432. The fraction of sp³-hybridized carbons (Fsp3) is 0.529. The van der Waals surface area contributed by atoms with Gasteiger partial charge in [-0.05, 0) is 37.5 Å². The highest BCUT2D eigenvalue weighted by Crippen LogP contribution is 2.19. The van der Waals surface area contributed by atoms with Crippen molar-refractivity contribution in [2.45, 2.75) is 26.3 Å². The maximum Gasteiger partial charge on any atom is 0.310 e. The Balaban J connectivity index is 1.95. The van der Waals surface area contributed by atoms with Crippen LogP contribution < -0.4 is 5.32 Å². The van der Waals surface area contributed by atoms with Gasteiger partial charge in [-0.3, -0.25) is 9.79 Å². The zero-order chi connectivity index (χ0) is 17.5. The van der Waals surface area contributed by atoms with Crippen molar-refractivity contribution >= 4 is 23.5 Å². The quantitative estimate of drug-likeness (QED) is 0.512. The first-order valence-corrected chi connectivity index (χ1v) is 8.49. The lowest BCUT2D eigenvalue weighted by Crippen LogP contribution is -2.48. The summed E-state index contributed by atoms with van der Waals surface area (Å²) in [6.07, 6.45) is 1.74. The van der Waals surface area contributed by atoms with Crippen LogP contribution in [0.15, 0.2) is 23.2 Å². The van der Waals surface area contributed by atoms with E-state index < -0.39 is 5.82 Å². The number of esters is 1. The largest absolute Gasteiger partial charge is 0.466 e. The van der Waals surface area contributed by atoms with Gasteiger partial charge in [0.2, 0.25) is 0 Å². The number of hydrogen-bond donors (Lipinski definition) is 1. The molecule has 0 aromatic heterocycles. The van der Waals surface area contributed by atoms with E-state index in [2.05, 4.69) is 15.2 Å². The van der Waals surface area contributed by atoms with Crippen LogP contribution in [0, 0.1) is 11.7 Å². The first kappa shape index (κ1) is 18.5. The number of halogens is 2. The summed E-state index contributed by atoms with van der Waals surface area (Å²) in [4.78, 5) is 18.3. The highest BCUT2D eigenvalue weighted by molar-refractivity contribution is 6.30. The number of nitrogens with zero attached hydrogens (tertiary/aromatic N) is 2. The molecule has 1 atom stereocenters. The summed E-state index contributed by atoms with van der Waals surface area (Å²) in [5.41, 5.74) is 0.863. The highest BCUT2D eigenvalue weighted by atomic mass is 35.5. The molecular weight excluding hydrogens is 333 g/mol. The van der Waals surface area contributed by atoms with Gasteiger partial charge in [-0.15, -0.1) is 0 Å². The SMILES string of the molecule is CCOC(=O)C1CCCN(C(=NC)NCc2ccc(F)c(Cl)c2)C1. The lowest BCUT2D eigenvalue weighted by atomic mass is 9.98. The molecule has 132 valence electrons. The van der Waals surface area contributed by atoms with E-state index in [4.69, 9.17) is 16.3 Å². The average molecular weight is 356 g/mol. The number of ether oxygens (including phenoxy) is 1. The second-order valence-electron chi connectivity index (χ2n) is 5.69. The van der Waals surface area contributed by atoms with Gasteiger partial charge in [0.05, 0.1) is 17.5 Å². The van der Waals surface area contributed by atoms with Gasteiger partial charge >= 0.3 is 5.97 Å². The Labute approximate surface area is 146 Å². The van der Waals surface area contributed by atoms with E-state index >= 15 is 0 Å². The van der Waals surface area contributed by atoms with Gasteiger partial charge in [-0.25, -0.2) is 4.39 Å². The second kappa shape index (κ2) is 8.87. The van der Waals surface area contributed by atoms with Crippen LogP contribution in [0.1, 0.15) is 25.3 Å². The van der Waals surface area contributed by atoms with Crippen LogP contribution in [0.25, 0.3) is 0 Å². The zero-order valence-corrected chi connectivity index (χ0v) is 14.8. The summed E-state index contributed by atoms with van der Waals surface area (Å²) < 4.78 is 18.3. The Morgan fingerprint density at radius 2 is 2.33 bits per heavy atom. The van der Waals surface area contributed by atoms with Crippen LogP contribution >= 0.6 is 11.6 Å². The molecule has 1 fully saturated rings. The van der Waals surface area contributed by atoms with Crippen molar-refractivity contribution in [3.8, 4) is 0 Å². The number of piperidine rings is 1. The molecule has 2 rings (SSSR count). The molecule has 0 amide bonds. The minimum Gasteiger partial charge on any atom is -0.466 e. The average Bonchev–Trinajstić information content (AvgIpc) is 2.59. The van der Waals surface area contributed by atoms with E-state index in [9.17, 15) is 9.18 Å². The Kier molecular flexibility index (Phi) is 6.85. The maximum absolute atomic E-state index is 13.2. The summed E-state index contributed by atoms with van der Waals surface area (Å²) in [5, 5.41) is 3.34. The lowest BCUT2D eigenvalue weighted by Gasteiger charge is -2.34. The van der Waals surface area contributed by atoms with Crippen molar-refractivity contribution in [2.24, 2.45) is 10.9 Å². The molecule has 0 saturated carbocycles. The third kappa shape index (κ3) is 4.84. The molecule has 1 aliphatic rings. The standard InChI is InChI=1S/C17H23ClFN3O2/c1-3-24-16(23)13-5-4-8-22(11-13)17(20-2)21-10-12-6-7-15(19)14(18)9-12/h6-7,9,13H,3-5,8,10-11H2,1-2H3,(H,20,21). The van der Waals surface area contributed by atoms with Crippen LogP contribution in [0.3, 0.4) is 0 Å². The molecule has 0 aliphatic carbocycles. The predicted octanol–water partition coefficient (Wildman–Crippen LogP) is 2.83. The fourth-order valence-electron chi connectivity index (χ4n) is 2.79. The Morgan fingerprint density at radius 3 is 3.00 bits per heavy atom. The van der Waals surface area contributed by atoms with Crippen LogP contribution in [-0.2, 0) is 16.1 Å². The van der Waals surface area contributed by atoms with E-state index in [1.165, 1.54) is 6.07 Å². The van der Waals surface area contributed by atoms with E-state index in [0.29, 0.717) is 25.7 Å². The normalized spacial score (nSPS) is 18.4. The number of hydrogen-bond acceptors (Lipinski definition) is 3. The molecule has 24 heavy (non-hydrogen) atoms. The van der Waals surface area contributed by atoms with Gasteiger partial charge in [-0.1, -0.05) is 17.7 Å². The second-order valence-corrected chi connectivity index (χ2v) is 6.09. The zero-order valence-electron chi connectivity index (χ0n) is 14.0. The summed E-state index contributed by atoms with van der Waals surface area (Å²) >= 11 is 5.80. The van der Waals surface area contributed by atoms with Crippen molar-refractivity contribution in [3.05, 3.63) is 34.6 Å². The van der Waals surface area contributed by atoms with E-state index in [1.807, 2.05) is 6.92 Å². The third-order valence-corrected chi connectivity index (χ3v) is 4.28. The molecular formula is C17H23ClFN3O2. The minimum absolute atomic E-state index is 0.102. The first-order chi connectivity index (χ1) is 11.5. The molecule has 0 spiro atoms. The first-order valence-electron chi connectivity index (χ1n) is 8.11. The van der Waals surface area contributed by atoms with Crippen molar-refractivity contribution in [3.63, 3.8) is 0 Å². The Hall–Kier alpha value is -1.82. The van der Waals surface area contributed by atoms with Crippen LogP contribution in [0.5, 0.6) is 0 Å².